The molecule has 0 aliphatic rings. The van der Waals surface area contributed by atoms with Crippen molar-refractivity contribution in [3.8, 4) is 6.07 Å². The summed E-state index contributed by atoms with van der Waals surface area (Å²) in [6.07, 6.45) is -0.158. The van der Waals surface area contributed by atoms with Gasteiger partial charge in [0, 0.05) is 5.69 Å². The molecule has 0 unspecified atom stereocenters. The Kier molecular flexibility index (Phi) is 4.78. The summed E-state index contributed by atoms with van der Waals surface area (Å²) in [5.74, 6) is -0.320. The summed E-state index contributed by atoms with van der Waals surface area (Å²) in [5, 5.41) is 19.4. The monoisotopic (exact) mass is 278 g/mol. The number of amides is 1. The Morgan fingerprint density at radius 1 is 1.14 bits per heavy atom. The molecule has 0 heterocycles. The number of hydrogen-bond donors (Lipinski definition) is 1. The van der Waals surface area contributed by atoms with Crippen LogP contribution in [-0.4, -0.2) is 5.91 Å². The summed E-state index contributed by atoms with van der Waals surface area (Å²) in [4.78, 5) is 11.4. The van der Waals surface area contributed by atoms with Crippen LogP contribution in [0.15, 0.2) is 58.8 Å². The van der Waals surface area contributed by atoms with Gasteiger partial charge in [-0.15, -0.1) is 0 Å². The lowest BCUT2D eigenvalue weighted by atomic mass is 10.2. The first-order valence-electron chi connectivity index (χ1n) is 6.43. The second-order valence-corrected chi connectivity index (χ2v) is 4.42. The molecule has 0 aliphatic heterocycles. The van der Waals surface area contributed by atoms with Crippen LogP contribution in [0.25, 0.3) is 0 Å². The highest BCUT2D eigenvalue weighted by Gasteiger charge is 2.04. The van der Waals surface area contributed by atoms with Gasteiger partial charge < -0.3 is 5.32 Å². The molecular weight excluding hydrogens is 264 g/mol. The molecule has 0 spiro atoms. The maximum Gasteiger partial charge on any atom is 0.238 e. The molecule has 0 saturated carbocycles. The maximum absolute atomic E-state index is 11.4. The number of nitriles is 1. The fraction of sp³-hybridized carbons (Fsp3) is 0.125. The zero-order valence-corrected chi connectivity index (χ0v) is 11.6. The molecule has 0 atom stereocenters. The Hall–Kier alpha value is -3.00. The second kappa shape index (κ2) is 6.96. The van der Waals surface area contributed by atoms with E-state index >= 15 is 0 Å². The number of benzene rings is 2. The van der Waals surface area contributed by atoms with Gasteiger partial charge >= 0.3 is 0 Å². The van der Waals surface area contributed by atoms with Gasteiger partial charge in [-0.1, -0.05) is 18.2 Å². The quantitative estimate of drug-likeness (QED) is 0.848. The highest BCUT2D eigenvalue weighted by molar-refractivity contribution is 5.92. The highest BCUT2D eigenvalue weighted by atomic mass is 16.1. The predicted octanol–water partition coefficient (Wildman–Crippen LogP) is 4.26. The van der Waals surface area contributed by atoms with E-state index in [0.29, 0.717) is 11.4 Å². The van der Waals surface area contributed by atoms with Crippen molar-refractivity contribution < 1.29 is 4.79 Å². The first-order valence-corrected chi connectivity index (χ1v) is 6.43. The zero-order valence-electron chi connectivity index (χ0n) is 11.6. The lowest BCUT2D eigenvalue weighted by Gasteiger charge is -2.07. The van der Waals surface area contributed by atoms with E-state index in [4.69, 9.17) is 5.26 Å². The van der Waals surface area contributed by atoms with Crippen LogP contribution in [0.4, 0.5) is 17.1 Å². The van der Waals surface area contributed by atoms with Crippen LogP contribution in [0.5, 0.6) is 0 Å². The molecule has 0 radical (unpaired) electrons. The molecule has 0 fully saturated rings. The average Bonchev–Trinajstić information content (AvgIpc) is 2.49. The zero-order chi connectivity index (χ0) is 15.1. The molecule has 104 valence electrons. The molecule has 5 nitrogen and oxygen atoms in total. The molecule has 1 amide bonds. The van der Waals surface area contributed by atoms with Crippen LogP contribution >= 0.6 is 0 Å². The standard InChI is InChI=1S/C16H14N4O/c1-12-11-14(20-19-13-5-3-2-4-6-13)7-8-15(12)18-16(21)9-10-17/h2-8,11H,9H2,1H3,(H,18,21). The van der Waals surface area contributed by atoms with Crippen molar-refractivity contribution in [2.45, 2.75) is 13.3 Å². The first kappa shape index (κ1) is 14.4. The number of anilines is 1. The lowest BCUT2D eigenvalue weighted by Crippen LogP contribution is -2.10. The number of carbonyl (C=O) groups is 1. The van der Waals surface area contributed by atoms with Gasteiger partial charge in [0.2, 0.25) is 5.91 Å². The van der Waals surface area contributed by atoms with Gasteiger partial charge in [-0.2, -0.15) is 15.5 Å². The molecule has 0 bridgehead atoms. The van der Waals surface area contributed by atoms with Gasteiger partial charge in [0.05, 0.1) is 17.4 Å². The number of aryl methyl sites for hydroxylation is 1. The van der Waals surface area contributed by atoms with Gasteiger partial charge in [-0.25, -0.2) is 0 Å². The van der Waals surface area contributed by atoms with Crippen LogP contribution in [0.1, 0.15) is 12.0 Å². The predicted molar refractivity (Wildman–Crippen MR) is 80.7 cm³/mol. The van der Waals surface area contributed by atoms with Gasteiger partial charge in [-0.3, -0.25) is 4.79 Å². The fourth-order valence-corrected chi connectivity index (χ4v) is 1.73. The second-order valence-electron chi connectivity index (χ2n) is 4.42. The molecule has 0 aromatic heterocycles. The Morgan fingerprint density at radius 2 is 1.86 bits per heavy atom. The van der Waals surface area contributed by atoms with E-state index in [1.807, 2.05) is 49.4 Å². The third-order valence-corrected chi connectivity index (χ3v) is 2.76. The lowest BCUT2D eigenvalue weighted by molar-refractivity contribution is -0.115. The van der Waals surface area contributed by atoms with Gasteiger partial charge in [0.15, 0.2) is 0 Å². The van der Waals surface area contributed by atoms with Crippen molar-refractivity contribution in [3.63, 3.8) is 0 Å². The summed E-state index contributed by atoms with van der Waals surface area (Å²) >= 11 is 0. The third kappa shape index (κ3) is 4.25. The van der Waals surface area contributed by atoms with Crippen molar-refractivity contribution in [1.82, 2.24) is 0 Å². The van der Waals surface area contributed by atoms with E-state index in [1.165, 1.54) is 0 Å². The molecule has 1 N–H and O–H groups in total. The Balaban J connectivity index is 2.11. The van der Waals surface area contributed by atoms with Crippen LogP contribution in [0.2, 0.25) is 0 Å². The Morgan fingerprint density at radius 3 is 2.52 bits per heavy atom. The van der Waals surface area contributed by atoms with Crippen molar-refractivity contribution in [2.75, 3.05) is 5.32 Å². The van der Waals surface area contributed by atoms with Crippen molar-refractivity contribution in [2.24, 2.45) is 10.2 Å². The van der Waals surface area contributed by atoms with E-state index in [0.717, 1.165) is 11.3 Å². The summed E-state index contributed by atoms with van der Waals surface area (Å²) in [6.45, 7) is 1.86. The van der Waals surface area contributed by atoms with E-state index in [-0.39, 0.29) is 12.3 Å². The largest absolute Gasteiger partial charge is 0.325 e. The van der Waals surface area contributed by atoms with Crippen LogP contribution in [0.3, 0.4) is 0 Å². The van der Waals surface area contributed by atoms with E-state index in [1.54, 1.807) is 12.1 Å². The number of nitrogens with one attached hydrogen (secondary N) is 1. The van der Waals surface area contributed by atoms with Gasteiger partial charge in [0.1, 0.15) is 6.42 Å². The molecule has 21 heavy (non-hydrogen) atoms. The van der Waals surface area contributed by atoms with E-state index in [2.05, 4.69) is 15.5 Å². The maximum atomic E-state index is 11.4. The summed E-state index contributed by atoms with van der Waals surface area (Å²) in [6, 6.07) is 16.6. The number of rotatable bonds is 4. The van der Waals surface area contributed by atoms with Crippen molar-refractivity contribution >= 4 is 23.0 Å². The molecular formula is C16H14N4O. The molecule has 0 aliphatic carbocycles. The minimum absolute atomic E-state index is 0.158. The van der Waals surface area contributed by atoms with Gasteiger partial charge in [0.25, 0.3) is 0 Å². The van der Waals surface area contributed by atoms with E-state index in [9.17, 15) is 4.79 Å². The topological polar surface area (TPSA) is 77.6 Å². The minimum atomic E-state index is -0.320. The Labute approximate surface area is 122 Å². The van der Waals surface area contributed by atoms with Crippen LogP contribution in [0, 0.1) is 18.3 Å². The smallest absolute Gasteiger partial charge is 0.238 e. The fourth-order valence-electron chi connectivity index (χ4n) is 1.73. The summed E-state index contributed by atoms with van der Waals surface area (Å²) < 4.78 is 0. The Bertz CT molecular complexity index is 702. The average molecular weight is 278 g/mol. The number of hydrogen-bond acceptors (Lipinski definition) is 4. The molecule has 5 heteroatoms. The van der Waals surface area contributed by atoms with Crippen LogP contribution in [-0.2, 0) is 4.79 Å². The summed E-state index contributed by atoms with van der Waals surface area (Å²) in [7, 11) is 0. The van der Waals surface area contributed by atoms with Crippen molar-refractivity contribution in [3.05, 3.63) is 54.1 Å². The third-order valence-electron chi connectivity index (χ3n) is 2.76. The van der Waals surface area contributed by atoms with Crippen LogP contribution < -0.4 is 5.32 Å². The van der Waals surface area contributed by atoms with E-state index < -0.39 is 0 Å². The molecule has 2 aromatic rings. The highest BCUT2D eigenvalue weighted by Crippen LogP contribution is 2.23. The molecule has 2 rings (SSSR count). The number of nitrogens with zero attached hydrogens (tertiary/aromatic N) is 3. The normalized spacial score (nSPS) is 10.3. The first-order chi connectivity index (χ1) is 10.2. The van der Waals surface area contributed by atoms with Gasteiger partial charge in [-0.05, 0) is 42.8 Å². The summed E-state index contributed by atoms with van der Waals surface area (Å²) in [5.41, 5.74) is 3.02. The number of azo groups is 1. The number of carbonyl (C=O) groups excluding carboxylic acids is 1. The minimum Gasteiger partial charge on any atom is -0.325 e. The van der Waals surface area contributed by atoms with Crippen molar-refractivity contribution in [1.29, 1.82) is 5.26 Å². The molecule has 2 aromatic carbocycles. The molecule has 0 saturated heterocycles. The SMILES string of the molecule is Cc1cc(N=Nc2ccccc2)ccc1NC(=O)CC#N.